The van der Waals surface area contributed by atoms with Crippen LogP contribution in [0.4, 0.5) is 5.69 Å². The first-order valence-corrected chi connectivity index (χ1v) is 10.9. The molecule has 2 rings (SSSR count). The van der Waals surface area contributed by atoms with Crippen molar-refractivity contribution in [2.24, 2.45) is 4.99 Å². The first-order valence-electron chi connectivity index (χ1n) is 10.5. The number of ether oxygens (including phenoxy) is 1. The van der Waals surface area contributed by atoms with Gasteiger partial charge in [0.1, 0.15) is 0 Å². The van der Waals surface area contributed by atoms with Crippen molar-refractivity contribution in [3.05, 3.63) is 29.3 Å². The Kier molecular flexibility index (Phi) is 13.3. The highest BCUT2D eigenvalue weighted by molar-refractivity contribution is 14.0. The van der Waals surface area contributed by atoms with Gasteiger partial charge in [0.15, 0.2) is 5.96 Å². The maximum atomic E-state index is 12.0. The van der Waals surface area contributed by atoms with Gasteiger partial charge in [-0.05, 0) is 44.5 Å². The fourth-order valence-corrected chi connectivity index (χ4v) is 3.22. The van der Waals surface area contributed by atoms with Gasteiger partial charge in [0, 0.05) is 49.9 Å². The zero-order chi connectivity index (χ0) is 21.8. The minimum absolute atomic E-state index is 0. The van der Waals surface area contributed by atoms with Crippen LogP contribution in [0.15, 0.2) is 29.3 Å². The van der Waals surface area contributed by atoms with Crippen LogP contribution in [0.3, 0.4) is 0 Å². The Morgan fingerprint density at radius 2 is 1.94 bits per heavy atom. The minimum atomic E-state index is -0.918. The molecule has 1 heterocycles. The van der Waals surface area contributed by atoms with Gasteiger partial charge < -0.3 is 25.8 Å². The van der Waals surface area contributed by atoms with Crippen molar-refractivity contribution in [1.29, 1.82) is 0 Å². The van der Waals surface area contributed by atoms with Crippen molar-refractivity contribution in [3.8, 4) is 0 Å². The second-order valence-corrected chi connectivity index (χ2v) is 8.10. The number of morpholine rings is 1. The Morgan fingerprint density at radius 1 is 1.26 bits per heavy atom. The molecule has 1 unspecified atom stereocenters. The molecule has 1 fully saturated rings. The van der Waals surface area contributed by atoms with E-state index in [-0.39, 0.29) is 36.4 Å². The maximum absolute atomic E-state index is 12.0. The van der Waals surface area contributed by atoms with Gasteiger partial charge >= 0.3 is 0 Å². The summed E-state index contributed by atoms with van der Waals surface area (Å²) in [5, 5.41) is 20.6. The zero-order valence-corrected chi connectivity index (χ0v) is 21.4. The van der Waals surface area contributed by atoms with E-state index < -0.39 is 5.60 Å². The number of halogens is 2. The lowest BCUT2D eigenvalue weighted by atomic mass is 10.1. The summed E-state index contributed by atoms with van der Waals surface area (Å²) in [6, 6.07) is 7.03. The van der Waals surface area contributed by atoms with Crippen LogP contribution in [0.1, 0.15) is 26.7 Å². The molecule has 1 atom stereocenters. The Morgan fingerprint density at radius 3 is 2.58 bits per heavy atom. The van der Waals surface area contributed by atoms with Gasteiger partial charge in [-0.1, -0.05) is 11.6 Å². The molecule has 0 radical (unpaired) electrons. The molecule has 1 aliphatic heterocycles. The molecule has 1 amide bonds. The van der Waals surface area contributed by atoms with Crippen LogP contribution in [0.25, 0.3) is 0 Å². The molecule has 0 spiro atoms. The average Bonchev–Trinajstić information content (AvgIpc) is 2.71. The van der Waals surface area contributed by atoms with Crippen molar-refractivity contribution < 1.29 is 14.6 Å². The molecular weight excluding hydrogens is 533 g/mol. The predicted octanol–water partition coefficient (Wildman–Crippen LogP) is 2.32. The summed E-state index contributed by atoms with van der Waals surface area (Å²) in [6.07, 6.45) is 1.05. The number of hydrogen-bond donors (Lipinski definition) is 4. The molecule has 1 aliphatic rings. The zero-order valence-electron chi connectivity index (χ0n) is 18.3. The summed E-state index contributed by atoms with van der Waals surface area (Å²) >= 11 is 5.85. The second-order valence-electron chi connectivity index (χ2n) is 7.67. The van der Waals surface area contributed by atoms with Crippen molar-refractivity contribution in [2.75, 3.05) is 57.8 Å². The topological polar surface area (TPSA) is 98.2 Å². The molecule has 1 aromatic carbocycles. The number of hydrogen-bond acceptors (Lipinski definition) is 5. The predicted molar refractivity (Wildman–Crippen MR) is 137 cm³/mol. The third-order valence-electron chi connectivity index (χ3n) is 4.59. The van der Waals surface area contributed by atoms with E-state index in [2.05, 4.69) is 25.8 Å². The fourth-order valence-electron chi connectivity index (χ4n) is 3.09. The van der Waals surface area contributed by atoms with Gasteiger partial charge in [0.25, 0.3) is 0 Å². The molecule has 176 valence electrons. The SMILES string of the molecule is CCNC(=NCC(C)(O)CN1CCOCC1)NCCCC(=O)Nc1ccc(Cl)cc1.I. The molecule has 8 nitrogen and oxygen atoms in total. The van der Waals surface area contributed by atoms with E-state index in [1.165, 1.54) is 0 Å². The van der Waals surface area contributed by atoms with Crippen molar-refractivity contribution >= 4 is 53.1 Å². The normalized spacial score (nSPS) is 16.7. The number of rotatable bonds is 10. The van der Waals surface area contributed by atoms with Crippen LogP contribution < -0.4 is 16.0 Å². The summed E-state index contributed by atoms with van der Waals surface area (Å²) in [4.78, 5) is 18.8. The third-order valence-corrected chi connectivity index (χ3v) is 4.84. The molecule has 1 saturated heterocycles. The lowest BCUT2D eigenvalue weighted by Crippen LogP contribution is -2.48. The number of guanidine groups is 1. The lowest BCUT2D eigenvalue weighted by Gasteiger charge is -2.33. The summed E-state index contributed by atoms with van der Waals surface area (Å²) < 4.78 is 5.35. The van der Waals surface area contributed by atoms with Crippen LogP contribution >= 0.6 is 35.6 Å². The molecule has 10 heteroatoms. The number of carbonyl (C=O) groups excluding carboxylic acids is 1. The van der Waals surface area contributed by atoms with Crippen molar-refractivity contribution in [3.63, 3.8) is 0 Å². The molecule has 1 aromatic rings. The summed E-state index contributed by atoms with van der Waals surface area (Å²) in [5.41, 5.74) is -0.187. The second kappa shape index (κ2) is 14.8. The van der Waals surface area contributed by atoms with Crippen LogP contribution in [-0.4, -0.2) is 80.0 Å². The molecule has 31 heavy (non-hydrogen) atoms. The Hall–Kier alpha value is -1.14. The van der Waals surface area contributed by atoms with Crippen LogP contribution in [0, 0.1) is 0 Å². The minimum Gasteiger partial charge on any atom is -0.387 e. The van der Waals surface area contributed by atoms with E-state index in [0.29, 0.717) is 56.7 Å². The van der Waals surface area contributed by atoms with E-state index in [1.54, 1.807) is 31.2 Å². The van der Waals surface area contributed by atoms with Crippen LogP contribution in [0.2, 0.25) is 5.02 Å². The number of carbonyl (C=O) groups is 1. The molecule has 0 aliphatic carbocycles. The van der Waals surface area contributed by atoms with E-state index in [9.17, 15) is 9.90 Å². The van der Waals surface area contributed by atoms with Gasteiger partial charge in [-0.25, -0.2) is 0 Å². The summed E-state index contributed by atoms with van der Waals surface area (Å²) in [7, 11) is 0. The van der Waals surface area contributed by atoms with Crippen molar-refractivity contribution in [1.82, 2.24) is 15.5 Å². The number of β-amino-alcohol motifs (C(OH)–C–C–N with tert-alkyl or cyclic N) is 1. The maximum Gasteiger partial charge on any atom is 0.224 e. The number of benzene rings is 1. The fraction of sp³-hybridized carbons (Fsp3) is 0.619. The molecular formula is C21H35ClIN5O3. The quantitative estimate of drug-likeness (QED) is 0.150. The summed E-state index contributed by atoms with van der Waals surface area (Å²) in [5.74, 6) is 0.590. The number of aliphatic hydroxyl groups is 1. The van der Waals surface area contributed by atoms with Crippen LogP contribution in [0.5, 0.6) is 0 Å². The van der Waals surface area contributed by atoms with Crippen molar-refractivity contribution in [2.45, 2.75) is 32.3 Å². The molecule has 0 aromatic heterocycles. The molecule has 4 N–H and O–H groups in total. The van der Waals surface area contributed by atoms with Gasteiger partial charge in [0.2, 0.25) is 5.91 Å². The smallest absolute Gasteiger partial charge is 0.224 e. The largest absolute Gasteiger partial charge is 0.387 e. The lowest BCUT2D eigenvalue weighted by molar-refractivity contribution is -0.116. The first kappa shape index (κ1) is 27.9. The standard InChI is InChI=1S/C21H34ClN5O3.HI/c1-3-23-20(25-15-21(2,29)16-27-11-13-30-14-12-27)24-10-4-5-19(28)26-18-8-6-17(22)7-9-18;/h6-9,29H,3-5,10-16H2,1-2H3,(H,26,28)(H2,23,24,25);1H. The summed E-state index contributed by atoms with van der Waals surface area (Å²) in [6.45, 7) is 9.02. The van der Waals surface area contributed by atoms with Crippen LogP contribution in [-0.2, 0) is 9.53 Å². The van der Waals surface area contributed by atoms with E-state index in [0.717, 1.165) is 18.8 Å². The van der Waals surface area contributed by atoms with Gasteiger partial charge in [-0.2, -0.15) is 0 Å². The average molecular weight is 568 g/mol. The number of nitrogens with zero attached hydrogens (tertiary/aromatic N) is 2. The Labute approximate surface area is 207 Å². The highest BCUT2D eigenvalue weighted by Gasteiger charge is 2.25. The molecule has 0 saturated carbocycles. The molecule has 0 bridgehead atoms. The number of anilines is 1. The Balaban J connectivity index is 0.00000480. The monoisotopic (exact) mass is 567 g/mol. The Bertz CT molecular complexity index is 682. The third kappa shape index (κ3) is 11.9. The first-order chi connectivity index (χ1) is 14.4. The number of amides is 1. The van der Waals surface area contributed by atoms with E-state index >= 15 is 0 Å². The number of nitrogens with one attached hydrogen (secondary N) is 3. The van der Waals surface area contributed by atoms with E-state index in [4.69, 9.17) is 16.3 Å². The van der Waals surface area contributed by atoms with Gasteiger partial charge in [0.05, 0.1) is 25.4 Å². The van der Waals surface area contributed by atoms with E-state index in [1.807, 2.05) is 6.92 Å². The highest BCUT2D eigenvalue weighted by atomic mass is 127. The van der Waals surface area contributed by atoms with Gasteiger partial charge in [-0.15, -0.1) is 24.0 Å². The van der Waals surface area contributed by atoms with Gasteiger partial charge in [-0.3, -0.25) is 14.7 Å². The number of aliphatic imine (C=N–C) groups is 1. The highest BCUT2D eigenvalue weighted by Crippen LogP contribution is 2.13.